The summed E-state index contributed by atoms with van der Waals surface area (Å²) in [5.41, 5.74) is 2.62. The first-order chi connectivity index (χ1) is 8.93. The predicted molar refractivity (Wildman–Crippen MR) is 74.5 cm³/mol. The summed E-state index contributed by atoms with van der Waals surface area (Å²) in [6.45, 7) is 4.15. The molecule has 0 bridgehead atoms. The Kier molecular flexibility index (Phi) is 3.78. The summed E-state index contributed by atoms with van der Waals surface area (Å²) in [7, 11) is -3.12. The van der Waals surface area contributed by atoms with E-state index in [4.69, 9.17) is 0 Å². The third-order valence-electron chi connectivity index (χ3n) is 3.38. The molecule has 0 N–H and O–H groups in total. The average Bonchev–Trinajstić information content (AvgIpc) is 2.37. The second-order valence-electron chi connectivity index (χ2n) is 4.73. The minimum absolute atomic E-state index is 0.470. The molecule has 0 amide bonds. The lowest BCUT2D eigenvalue weighted by atomic mass is 10.1. The van der Waals surface area contributed by atoms with Crippen molar-refractivity contribution < 1.29 is 8.42 Å². The summed E-state index contributed by atoms with van der Waals surface area (Å²) in [6.07, 6.45) is 1.23. The van der Waals surface area contributed by atoms with Crippen LogP contribution in [0.15, 0.2) is 18.2 Å². The van der Waals surface area contributed by atoms with Crippen LogP contribution in [-0.2, 0) is 10.0 Å². The molecule has 1 aliphatic rings. The smallest absolute Gasteiger partial charge is 0.211 e. The average molecular weight is 279 g/mol. The van der Waals surface area contributed by atoms with Gasteiger partial charge in [0.15, 0.2) is 0 Å². The van der Waals surface area contributed by atoms with Gasteiger partial charge in [0.2, 0.25) is 10.0 Å². The van der Waals surface area contributed by atoms with E-state index in [9.17, 15) is 13.7 Å². The molecular formula is C13H17N3O2S. The Labute approximate surface area is 114 Å². The molecule has 0 spiro atoms. The van der Waals surface area contributed by atoms with Crippen molar-refractivity contribution in [3.8, 4) is 6.07 Å². The molecule has 0 unspecified atom stereocenters. The van der Waals surface area contributed by atoms with E-state index in [1.54, 1.807) is 6.07 Å². The Balaban J connectivity index is 2.22. The number of para-hydroxylation sites is 1. The first kappa shape index (κ1) is 13.8. The number of aryl methyl sites for hydroxylation is 1. The van der Waals surface area contributed by atoms with E-state index < -0.39 is 10.0 Å². The lowest BCUT2D eigenvalue weighted by molar-refractivity contribution is 0.388. The van der Waals surface area contributed by atoms with Crippen LogP contribution in [-0.4, -0.2) is 45.2 Å². The first-order valence-electron chi connectivity index (χ1n) is 6.13. The minimum atomic E-state index is -3.12. The summed E-state index contributed by atoms with van der Waals surface area (Å²) in [5, 5.41) is 9.17. The first-order valence-corrected chi connectivity index (χ1v) is 7.98. The number of rotatable bonds is 2. The van der Waals surface area contributed by atoms with Gasteiger partial charge in [-0.05, 0) is 18.6 Å². The molecule has 2 rings (SSSR count). The van der Waals surface area contributed by atoms with Crippen LogP contribution in [0.1, 0.15) is 11.1 Å². The van der Waals surface area contributed by atoms with Gasteiger partial charge in [-0.1, -0.05) is 12.1 Å². The standard InChI is InChI=1S/C13H17N3O2S/c1-11-4-3-5-12(10-14)13(11)15-6-8-16(9-7-15)19(2,17)18/h3-5H,6-9H2,1-2H3. The zero-order valence-electron chi connectivity index (χ0n) is 11.1. The molecule has 0 radical (unpaired) electrons. The van der Waals surface area contributed by atoms with Crippen LogP contribution in [0.3, 0.4) is 0 Å². The largest absolute Gasteiger partial charge is 0.368 e. The number of nitrogens with zero attached hydrogens (tertiary/aromatic N) is 3. The quantitative estimate of drug-likeness (QED) is 0.808. The summed E-state index contributed by atoms with van der Waals surface area (Å²) >= 11 is 0. The molecule has 0 aromatic heterocycles. The maximum Gasteiger partial charge on any atom is 0.211 e. The van der Waals surface area contributed by atoms with Crippen LogP contribution in [0.2, 0.25) is 0 Å². The number of benzene rings is 1. The van der Waals surface area contributed by atoms with E-state index in [0.29, 0.717) is 31.7 Å². The summed E-state index contributed by atoms with van der Waals surface area (Å²) < 4.78 is 24.4. The van der Waals surface area contributed by atoms with Crippen molar-refractivity contribution in [3.63, 3.8) is 0 Å². The second kappa shape index (κ2) is 5.19. The van der Waals surface area contributed by atoms with Gasteiger partial charge in [-0.2, -0.15) is 9.57 Å². The summed E-state index contributed by atoms with van der Waals surface area (Å²) in [6, 6.07) is 7.84. The molecule has 19 heavy (non-hydrogen) atoms. The molecule has 1 aromatic rings. The van der Waals surface area contributed by atoms with Gasteiger partial charge in [0.25, 0.3) is 0 Å². The fraction of sp³-hybridized carbons (Fsp3) is 0.462. The van der Waals surface area contributed by atoms with Gasteiger partial charge in [0, 0.05) is 26.2 Å². The highest BCUT2D eigenvalue weighted by Crippen LogP contribution is 2.26. The number of piperazine rings is 1. The van der Waals surface area contributed by atoms with Crippen LogP contribution in [0, 0.1) is 18.3 Å². The molecule has 1 aliphatic heterocycles. The molecule has 1 fully saturated rings. The van der Waals surface area contributed by atoms with E-state index in [1.165, 1.54) is 10.6 Å². The van der Waals surface area contributed by atoms with Crippen LogP contribution in [0.5, 0.6) is 0 Å². The zero-order valence-corrected chi connectivity index (χ0v) is 11.9. The van der Waals surface area contributed by atoms with E-state index in [-0.39, 0.29) is 0 Å². The van der Waals surface area contributed by atoms with Gasteiger partial charge in [-0.25, -0.2) is 8.42 Å². The maximum absolute atomic E-state index is 11.5. The van der Waals surface area contributed by atoms with Gasteiger partial charge in [0.05, 0.1) is 17.5 Å². The minimum Gasteiger partial charge on any atom is -0.368 e. The Morgan fingerprint density at radius 3 is 2.37 bits per heavy atom. The lowest BCUT2D eigenvalue weighted by Crippen LogP contribution is -2.48. The Morgan fingerprint density at radius 1 is 1.21 bits per heavy atom. The Bertz CT molecular complexity index is 611. The van der Waals surface area contributed by atoms with Crippen LogP contribution in [0.25, 0.3) is 0 Å². The van der Waals surface area contributed by atoms with Gasteiger partial charge < -0.3 is 4.90 Å². The number of anilines is 1. The monoisotopic (exact) mass is 279 g/mol. The van der Waals surface area contributed by atoms with Crippen molar-refractivity contribution in [3.05, 3.63) is 29.3 Å². The Hall–Kier alpha value is -1.58. The molecule has 0 aliphatic carbocycles. The predicted octanol–water partition coefficient (Wildman–Crippen LogP) is 0.948. The van der Waals surface area contributed by atoms with E-state index in [0.717, 1.165) is 11.3 Å². The Morgan fingerprint density at radius 2 is 1.84 bits per heavy atom. The van der Waals surface area contributed by atoms with Crippen molar-refractivity contribution in [1.82, 2.24) is 4.31 Å². The summed E-state index contributed by atoms with van der Waals surface area (Å²) in [4.78, 5) is 2.09. The van der Waals surface area contributed by atoms with Crippen molar-refractivity contribution in [2.24, 2.45) is 0 Å². The normalized spacial score (nSPS) is 17.2. The maximum atomic E-state index is 11.5. The highest BCUT2D eigenvalue weighted by Gasteiger charge is 2.25. The van der Waals surface area contributed by atoms with Crippen molar-refractivity contribution in [2.45, 2.75) is 6.92 Å². The molecule has 6 heteroatoms. The topological polar surface area (TPSA) is 64.4 Å². The molecule has 102 valence electrons. The van der Waals surface area contributed by atoms with E-state index in [2.05, 4.69) is 11.0 Å². The number of hydrogen-bond acceptors (Lipinski definition) is 4. The second-order valence-corrected chi connectivity index (χ2v) is 6.71. The van der Waals surface area contributed by atoms with Gasteiger partial charge in [-0.15, -0.1) is 0 Å². The van der Waals surface area contributed by atoms with Crippen molar-refractivity contribution in [2.75, 3.05) is 37.3 Å². The fourth-order valence-electron chi connectivity index (χ4n) is 2.41. The van der Waals surface area contributed by atoms with Crippen LogP contribution >= 0.6 is 0 Å². The highest BCUT2D eigenvalue weighted by atomic mass is 32.2. The van der Waals surface area contributed by atoms with Gasteiger partial charge in [0.1, 0.15) is 6.07 Å². The molecule has 0 saturated carbocycles. The molecular weight excluding hydrogens is 262 g/mol. The molecule has 1 aromatic carbocycles. The number of nitriles is 1. The third kappa shape index (κ3) is 2.88. The number of hydrogen-bond donors (Lipinski definition) is 0. The van der Waals surface area contributed by atoms with E-state index >= 15 is 0 Å². The van der Waals surface area contributed by atoms with Crippen molar-refractivity contribution >= 4 is 15.7 Å². The SMILES string of the molecule is Cc1cccc(C#N)c1N1CCN(S(C)(=O)=O)CC1. The highest BCUT2D eigenvalue weighted by molar-refractivity contribution is 7.88. The van der Waals surface area contributed by atoms with Crippen molar-refractivity contribution in [1.29, 1.82) is 5.26 Å². The zero-order chi connectivity index (χ0) is 14.0. The van der Waals surface area contributed by atoms with E-state index in [1.807, 2.05) is 19.1 Å². The van der Waals surface area contributed by atoms with Gasteiger partial charge in [-0.3, -0.25) is 0 Å². The van der Waals surface area contributed by atoms with Gasteiger partial charge >= 0.3 is 0 Å². The summed E-state index contributed by atoms with van der Waals surface area (Å²) in [5.74, 6) is 0. The molecule has 1 saturated heterocycles. The molecule has 5 nitrogen and oxygen atoms in total. The fourth-order valence-corrected chi connectivity index (χ4v) is 3.24. The van der Waals surface area contributed by atoms with Crippen LogP contribution in [0.4, 0.5) is 5.69 Å². The third-order valence-corrected chi connectivity index (χ3v) is 4.69. The molecule has 0 atom stereocenters. The van der Waals surface area contributed by atoms with Crippen LogP contribution < -0.4 is 4.90 Å². The number of sulfonamides is 1. The lowest BCUT2D eigenvalue weighted by Gasteiger charge is -2.35. The molecule has 1 heterocycles.